The zero-order chi connectivity index (χ0) is 24.1. The van der Waals surface area contributed by atoms with E-state index in [-0.39, 0.29) is 24.1 Å². The molecule has 1 saturated heterocycles. The SMILES string of the molecule is O=C(NC1CCN(c2ccccc2C(=O)NCc2ccco2)CC1)c1ccc(C(F)(F)F)cc1. The second kappa shape index (κ2) is 10.0. The largest absolute Gasteiger partial charge is 0.467 e. The van der Waals surface area contributed by atoms with E-state index in [0.717, 1.165) is 17.8 Å². The van der Waals surface area contributed by atoms with Gasteiger partial charge in [-0.2, -0.15) is 13.2 Å². The lowest BCUT2D eigenvalue weighted by molar-refractivity contribution is -0.137. The monoisotopic (exact) mass is 471 g/mol. The molecule has 6 nitrogen and oxygen atoms in total. The van der Waals surface area contributed by atoms with Crippen LogP contribution in [-0.4, -0.2) is 30.9 Å². The summed E-state index contributed by atoms with van der Waals surface area (Å²) < 4.78 is 43.4. The van der Waals surface area contributed by atoms with Crippen molar-refractivity contribution in [2.45, 2.75) is 31.6 Å². The van der Waals surface area contributed by atoms with E-state index in [1.165, 1.54) is 12.1 Å². The maximum atomic E-state index is 12.7. The number of halogens is 3. The summed E-state index contributed by atoms with van der Waals surface area (Å²) in [5.41, 5.74) is 0.770. The van der Waals surface area contributed by atoms with Crippen molar-refractivity contribution >= 4 is 17.5 Å². The predicted molar refractivity (Wildman–Crippen MR) is 120 cm³/mol. The summed E-state index contributed by atoms with van der Waals surface area (Å²) in [6.07, 6.45) is -1.59. The van der Waals surface area contributed by atoms with Crippen molar-refractivity contribution in [1.82, 2.24) is 10.6 Å². The van der Waals surface area contributed by atoms with E-state index in [1.807, 2.05) is 18.2 Å². The number of nitrogens with zero attached hydrogens (tertiary/aromatic N) is 1. The van der Waals surface area contributed by atoms with E-state index < -0.39 is 17.6 Å². The summed E-state index contributed by atoms with van der Waals surface area (Å²) >= 11 is 0. The van der Waals surface area contributed by atoms with Gasteiger partial charge in [0.25, 0.3) is 11.8 Å². The number of piperidine rings is 1. The van der Waals surface area contributed by atoms with Crippen LogP contribution in [0.25, 0.3) is 0 Å². The minimum Gasteiger partial charge on any atom is -0.467 e. The van der Waals surface area contributed by atoms with E-state index in [4.69, 9.17) is 4.42 Å². The lowest BCUT2D eigenvalue weighted by Gasteiger charge is -2.35. The summed E-state index contributed by atoms with van der Waals surface area (Å²) in [7, 11) is 0. The molecule has 0 unspecified atom stereocenters. The highest BCUT2D eigenvalue weighted by molar-refractivity contribution is 5.99. The number of benzene rings is 2. The third-order valence-corrected chi connectivity index (χ3v) is 5.80. The number of amides is 2. The molecule has 0 aliphatic carbocycles. The van der Waals surface area contributed by atoms with Crippen molar-refractivity contribution in [3.8, 4) is 0 Å². The van der Waals surface area contributed by atoms with E-state index in [9.17, 15) is 22.8 Å². The van der Waals surface area contributed by atoms with Crippen LogP contribution in [-0.2, 0) is 12.7 Å². The van der Waals surface area contributed by atoms with Crippen LogP contribution in [0.2, 0.25) is 0 Å². The first-order valence-corrected chi connectivity index (χ1v) is 10.9. The van der Waals surface area contributed by atoms with Crippen LogP contribution in [0.1, 0.15) is 44.9 Å². The first kappa shape index (κ1) is 23.4. The zero-order valence-electron chi connectivity index (χ0n) is 18.3. The van der Waals surface area contributed by atoms with Crippen molar-refractivity contribution in [2.24, 2.45) is 0 Å². The first-order chi connectivity index (χ1) is 16.3. The molecule has 2 amide bonds. The van der Waals surface area contributed by atoms with Gasteiger partial charge in [0.15, 0.2) is 0 Å². The number of furan rings is 1. The molecule has 0 bridgehead atoms. The highest BCUT2D eigenvalue weighted by Gasteiger charge is 2.30. The van der Waals surface area contributed by atoms with Gasteiger partial charge < -0.3 is 20.0 Å². The molecule has 0 spiro atoms. The molecular formula is C25H24F3N3O3. The third kappa shape index (κ3) is 5.59. The Balaban J connectivity index is 1.33. The number of anilines is 1. The third-order valence-electron chi connectivity index (χ3n) is 5.80. The molecule has 3 aromatic rings. The Kier molecular flexibility index (Phi) is 6.90. The Bertz CT molecular complexity index is 1120. The molecule has 1 aliphatic rings. The fourth-order valence-corrected chi connectivity index (χ4v) is 3.96. The molecule has 9 heteroatoms. The molecule has 4 rings (SSSR count). The minimum absolute atomic E-state index is 0.106. The van der Waals surface area contributed by atoms with Crippen molar-refractivity contribution in [2.75, 3.05) is 18.0 Å². The van der Waals surface area contributed by atoms with Crippen LogP contribution in [0.4, 0.5) is 18.9 Å². The van der Waals surface area contributed by atoms with Crippen molar-refractivity contribution in [3.63, 3.8) is 0 Å². The van der Waals surface area contributed by atoms with Crippen LogP contribution in [0, 0.1) is 0 Å². The van der Waals surface area contributed by atoms with Gasteiger partial charge in [0.05, 0.1) is 23.9 Å². The molecule has 34 heavy (non-hydrogen) atoms. The molecular weight excluding hydrogens is 447 g/mol. The standard InChI is InChI=1S/C25H24F3N3O3/c26-25(27,28)18-9-7-17(8-10-18)23(32)30-19-11-13-31(14-12-19)22-6-2-1-5-21(22)24(33)29-16-20-4-3-15-34-20/h1-10,15,19H,11-14,16H2,(H,29,33)(H,30,32). The number of nitrogens with one attached hydrogen (secondary N) is 2. The molecule has 1 aliphatic heterocycles. The lowest BCUT2D eigenvalue weighted by Crippen LogP contribution is -2.45. The molecule has 2 heterocycles. The topological polar surface area (TPSA) is 74.6 Å². The van der Waals surface area contributed by atoms with E-state index in [1.54, 1.807) is 24.5 Å². The van der Waals surface area contributed by atoms with Crippen molar-refractivity contribution in [1.29, 1.82) is 0 Å². The van der Waals surface area contributed by atoms with Crippen LogP contribution in [0.5, 0.6) is 0 Å². The number of carbonyl (C=O) groups is 2. The quantitative estimate of drug-likeness (QED) is 0.550. The second-order valence-corrected chi connectivity index (χ2v) is 8.09. The molecule has 178 valence electrons. The van der Waals surface area contributed by atoms with Gasteiger partial charge in [-0.25, -0.2) is 0 Å². The number of para-hydroxylation sites is 1. The number of carbonyl (C=O) groups excluding carboxylic acids is 2. The highest BCUT2D eigenvalue weighted by Crippen LogP contribution is 2.29. The Hall–Kier alpha value is -3.75. The Labute approximate surface area is 194 Å². The molecule has 0 radical (unpaired) electrons. The molecule has 2 N–H and O–H groups in total. The Morgan fingerprint density at radius 2 is 1.65 bits per heavy atom. The van der Waals surface area contributed by atoms with Crippen LogP contribution in [0.15, 0.2) is 71.3 Å². The number of hydrogen-bond acceptors (Lipinski definition) is 4. The molecule has 2 aromatic carbocycles. The van der Waals surface area contributed by atoms with Gasteiger partial charge in [-0.1, -0.05) is 12.1 Å². The fourth-order valence-electron chi connectivity index (χ4n) is 3.96. The van der Waals surface area contributed by atoms with Gasteiger partial charge in [0.1, 0.15) is 5.76 Å². The minimum atomic E-state index is -4.44. The lowest BCUT2D eigenvalue weighted by atomic mass is 10.0. The molecule has 0 saturated carbocycles. The van der Waals surface area contributed by atoms with E-state index in [2.05, 4.69) is 15.5 Å². The Morgan fingerprint density at radius 1 is 0.941 bits per heavy atom. The van der Waals surface area contributed by atoms with Crippen LogP contribution >= 0.6 is 0 Å². The van der Waals surface area contributed by atoms with Gasteiger partial charge in [-0.3, -0.25) is 9.59 Å². The molecule has 1 fully saturated rings. The molecule has 0 atom stereocenters. The van der Waals surface area contributed by atoms with Gasteiger partial charge >= 0.3 is 6.18 Å². The van der Waals surface area contributed by atoms with Crippen LogP contribution in [0.3, 0.4) is 0 Å². The van der Waals surface area contributed by atoms with Crippen molar-refractivity contribution in [3.05, 3.63) is 89.4 Å². The van der Waals surface area contributed by atoms with E-state index in [0.29, 0.717) is 37.3 Å². The van der Waals surface area contributed by atoms with E-state index >= 15 is 0 Å². The number of hydrogen-bond donors (Lipinski definition) is 2. The smallest absolute Gasteiger partial charge is 0.416 e. The fraction of sp³-hybridized carbons (Fsp3) is 0.280. The van der Waals surface area contributed by atoms with Crippen molar-refractivity contribution < 1.29 is 27.2 Å². The van der Waals surface area contributed by atoms with Gasteiger partial charge in [-0.05, 0) is 61.4 Å². The normalized spacial score (nSPS) is 14.6. The van der Waals surface area contributed by atoms with Gasteiger partial charge in [0, 0.05) is 30.4 Å². The number of alkyl halides is 3. The highest BCUT2D eigenvalue weighted by atomic mass is 19.4. The summed E-state index contributed by atoms with van der Waals surface area (Å²) in [5.74, 6) is 0.0602. The maximum Gasteiger partial charge on any atom is 0.416 e. The average Bonchev–Trinajstić information content (AvgIpc) is 3.36. The Morgan fingerprint density at radius 3 is 2.29 bits per heavy atom. The second-order valence-electron chi connectivity index (χ2n) is 8.09. The van der Waals surface area contributed by atoms with Crippen LogP contribution < -0.4 is 15.5 Å². The maximum absolute atomic E-state index is 12.7. The summed E-state index contributed by atoms with van der Waals surface area (Å²) in [6.45, 7) is 1.54. The molecule has 1 aromatic heterocycles. The van der Waals surface area contributed by atoms with Gasteiger partial charge in [0.2, 0.25) is 0 Å². The summed E-state index contributed by atoms with van der Waals surface area (Å²) in [4.78, 5) is 27.3. The summed E-state index contributed by atoms with van der Waals surface area (Å²) in [6, 6.07) is 15.0. The zero-order valence-corrected chi connectivity index (χ0v) is 18.3. The predicted octanol–water partition coefficient (Wildman–Crippen LogP) is 4.63. The number of rotatable bonds is 6. The van der Waals surface area contributed by atoms with Gasteiger partial charge in [-0.15, -0.1) is 0 Å². The summed E-state index contributed by atoms with van der Waals surface area (Å²) in [5, 5.41) is 5.76. The first-order valence-electron chi connectivity index (χ1n) is 10.9. The average molecular weight is 471 g/mol.